The molecule has 0 atom stereocenters. The Bertz CT molecular complexity index is 984. The zero-order valence-electron chi connectivity index (χ0n) is 14.6. The monoisotopic (exact) mass is 360 g/mol. The highest BCUT2D eigenvalue weighted by molar-refractivity contribution is 7.18. The van der Waals surface area contributed by atoms with Crippen LogP contribution in [-0.4, -0.2) is 20.7 Å². The summed E-state index contributed by atoms with van der Waals surface area (Å²) in [6, 6.07) is 3.64. The number of aryl methyl sites for hydroxylation is 2. The molecule has 3 rings (SSSR count). The van der Waals surface area contributed by atoms with Gasteiger partial charge in [-0.1, -0.05) is 13.8 Å². The molecule has 0 aliphatic carbocycles. The highest BCUT2D eigenvalue weighted by Crippen LogP contribution is 2.26. The van der Waals surface area contributed by atoms with E-state index in [9.17, 15) is 9.59 Å². The molecule has 0 bridgehead atoms. The summed E-state index contributed by atoms with van der Waals surface area (Å²) < 4.78 is 7.36. The lowest BCUT2D eigenvalue weighted by Gasteiger charge is -2.06. The lowest BCUT2D eigenvalue weighted by Crippen LogP contribution is -2.33. The number of furan rings is 1. The minimum Gasteiger partial charge on any atom is -0.465 e. The number of amides is 1. The third kappa shape index (κ3) is 3.63. The van der Waals surface area contributed by atoms with Crippen molar-refractivity contribution in [3.8, 4) is 0 Å². The highest BCUT2D eigenvalue weighted by Gasteiger charge is 2.17. The second-order valence-corrected chi connectivity index (χ2v) is 7.25. The molecule has 0 radical (unpaired) electrons. The zero-order chi connectivity index (χ0) is 18.1. The molecule has 0 fully saturated rings. The molecule has 3 aromatic heterocycles. The molecule has 8 heteroatoms. The molecule has 0 aliphatic rings. The van der Waals surface area contributed by atoms with Gasteiger partial charge < -0.3 is 9.73 Å². The molecule has 132 valence electrons. The van der Waals surface area contributed by atoms with Gasteiger partial charge in [0.05, 0.1) is 21.9 Å². The van der Waals surface area contributed by atoms with Crippen molar-refractivity contribution in [2.75, 3.05) is 0 Å². The molecule has 0 aliphatic heterocycles. The highest BCUT2D eigenvalue weighted by atomic mass is 32.1. The van der Waals surface area contributed by atoms with Crippen LogP contribution < -0.4 is 10.9 Å². The largest absolute Gasteiger partial charge is 0.465 e. The first kappa shape index (κ1) is 17.3. The summed E-state index contributed by atoms with van der Waals surface area (Å²) in [6.07, 6.45) is 0. The normalized spacial score (nSPS) is 11.4. The first-order valence-electron chi connectivity index (χ1n) is 8.05. The van der Waals surface area contributed by atoms with Crippen molar-refractivity contribution in [1.82, 2.24) is 20.1 Å². The van der Waals surface area contributed by atoms with E-state index in [2.05, 4.69) is 15.4 Å². The number of aromatic nitrogens is 3. The summed E-state index contributed by atoms with van der Waals surface area (Å²) in [5, 5.41) is 7.89. The van der Waals surface area contributed by atoms with Crippen LogP contribution in [0, 0.1) is 13.8 Å². The molecule has 3 heterocycles. The molecular formula is C17H20N4O3S. The number of thiazole rings is 1. The predicted octanol–water partition coefficient (Wildman–Crippen LogP) is 2.50. The average molecular weight is 360 g/mol. The Hall–Kier alpha value is -2.48. The Morgan fingerprint density at radius 2 is 2.12 bits per heavy atom. The maximum atomic E-state index is 12.6. The van der Waals surface area contributed by atoms with Crippen LogP contribution in [0.5, 0.6) is 0 Å². The van der Waals surface area contributed by atoms with Crippen LogP contribution in [0.3, 0.4) is 0 Å². The van der Waals surface area contributed by atoms with Gasteiger partial charge in [0.1, 0.15) is 18.1 Å². The molecule has 7 nitrogen and oxygen atoms in total. The molecular weight excluding hydrogens is 340 g/mol. The number of rotatable bonds is 5. The number of hydrogen-bond acceptors (Lipinski definition) is 6. The van der Waals surface area contributed by atoms with Crippen molar-refractivity contribution < 1.29 is 9.21 Å². The quantitative estimate of drug-likeness (QED) is 0.755. The smallest absolute Gasteiger partial charge is 0.294 e. The van der Waals surface area contributed by atoms with Gasteiger partial charge in [0.15, 0.2) is 5.52 Å². The van der Waals surface area contributed by atoms with Crippen molar-refractivity contribution in [3.05, 3.63) is 44.7 Å². The standard InChI is InChI=1S/C17H20N4O3S/c1-9(2)16-19-14-15(25-16)11(4)20-21(17(14)23)8-13(22)18-7-12-6-5-10(3)24-12/h5-6,9H,7-8H2,1-4H3,(H,18,22). The van der Waals surface area contributed by atoms with Gasteiger partial charge in [0, 0.05) is 5.92 Å². The van der Waals surface area contributed by atoms with Crippen LogP contribution in [0.1, 0.15) is 42.0 Å². The van der Waals surface area contributed by atoms with Gasteiger partial charge in [-0.15, -0.1) is 11.3 Å². The summed E-state index contributed by atoms with van der Waals surface area (Å²) in [7, 11) is 0. The SMILES string of the molecule is Cc1ccc(CNC(=O)Cn2nc(C)c3sc(C(C)C)nc3c2=O)o1. The van der Waals surface area contributed by atoms with Gasteiger partial charge in [-0.25, -0.2) is 9.67 Å². The molecule has 3 aromatic rings. The predicted molar refractivity (Wildman–Crippen MR) is 95.8 cm³/mol. The number of fused-ring (bicyclic) bond motifs is 1. The topological polar surface area (TPSA) is 90.0 Å². The zero-order valence-corrected chi connectivity index (χ0v) is 15.4. The van der Waals surface area contributed by atoms with E-state index >= 15 is 0 Å². The maximum absolute atomic E-state index is 12.6. The Labute approximate surface area is 148 Å². The molecule has 0 saturated carbocycles. The molecule has 25 heavy (non-hydrogen) atoms. The third-order valence-electron chi connectivity index (χ3n) is 3.72. The Balaban J connectivity index is 1.79. The summed E-state index contributed by atoms with van der Waals surface area (Å²) in [5.41, 5.74) is 0.747. The maximum Gasteiger partial charge on any atom is 0.294 e. The van der Waals surface area contributed by atoms with Gasteiger partial charge in [-0.2, -0.15) is 5.10 Å². The van der Waals surface area contributed by atoms with Crippen LogP contribution in [-0.2, 0) is 17.9 Å². The number of nitrogens with zero attached hydrogens (tertiary/aromatic N) is 3. The van der Waals surface area contributed by atoms with Crippen LogP contribution in [0.25, 0.3) is 10.2 Å². The molecule has 0 saturated heterocycles. The molecule has 0 spiro atoms. The van der Waals surface area contributed by atoms with Crippen LogP contribution >= 0.6 is 11.3 Å². The summed E-state index contributed by atoms with van der Waals surface area (Å²) in [6.45, 7) is 7.85. The fourth-order valence-corrected chi connectivity index (χ4v) is 3.43. The second kappa shape index (κ2) is 6.79. The van der Waals surface area contributed by atoms with Crippen molar-refractivity contribution in [1.29, 1.82) is 0 Å². The lowest BCUT2D eigenvalue weighted by atomic mass is 10.2. The van der Waals surface area contributed by atoms with Crippen molar-refractivity contribution in [3.63, 3.8) is 0 Å². The van der Waals surface area contributed by atoms with Gasteiger partial charge in [0.2, 0.25) is 5.91 Å². The molecule has 1 N–H and O–H groups in total. The van der Waals surface area contributed by atoms with E-state index in [0.717, 1.165) is 15.5 Å². The first-order valence-corrected chi connectivity index (χ1v) is 8.87. The van der Waals surface area contributed by atoms with Gasteiger partial charge in [-0.3, -0.25) is 9.59 Å². The van der Waals surface area contributed by atoms with E-state index < -0.39 is 0 Å². The Kier molecular flexibility index (Phi) is 4.71. The van der Waals surface area contributed by atoms with Crippen LogP contribution in [0.15, 0.2) is 21.3 Å². The number of hydrogen-bond donors (Lipinski definition) is 1. The summed E-state index contributed by atoms with van der Waals surface area (Å²) in [5.74, 6) is 1.39. The first-order chi connectivity index (χ1) is 11.8. The average Bonchev–Trinajstić information content (AvgIpc) is 3.17. The molecule has 0 unspecified atom stereocenters. The van der Waals surface area contributed by atoms with E-state index in [1.807, 2.05) is 33.8 Å². The Morgan fingerprint density at radius 1 is 1.36 bits per heavy atom. The molecule has 0 aromatic carbocycles. The second-order valence-electron chi connectivity index (χ2n) is 6.22. The van der Waals surface area contributed by atoms with E-state index in [0.29, 0.717) is 17.0 Å². The fraction of sp³-hybridized carbons (Fsp3) is 0.412. The summed E-state index contributed by atoms with van der Waals surface area (Å²) >= 11 is 1.48. The lowest BCUT2D eigenvalue weighted by molar-refractivity contribution is -0.122. The Morgan fingerprint density at radius 3 is 2.76 bits per heavy atom. The van der Waals surface area contributed by atoms with Gasteiger partial charge in [0.25, 0.3) is 5.56 Å². The van der Waals surface area contributed by atoms with E-state index in [1.165, 1.54) is 16.0 Å². The third-order valence-corrected chi connectivity index (χ3v) is 5.19. The van der Waals surface area contributed by atoms with E-state index in [-0.39, 0.29) is 30.5 Å². The van der Waals surface area contributed by atoms with E-state index in [4.69, 9.17) is 4.42 Å². The van der Waals surface area contributed by atoms with Crippen LogP contribution in [0.4, 0.5) is 0 Å². The van der Waals surface area contributed by atoms with Crippen molar-refractivity contribution in [2.45, 2.75) is 46.7 Å². The van der Waals surface area contributed by atoms with Crippen LogP contribution in [0.2, 0.25) is 0 Å². The summed E-state index contributed by atoms with van der Waals surface area (Å²) in [4.78, 5) is 29.1. The minimum absolute atomic E-state index is 0.149. The van der Waals surface area contributed by atoms with Gasteiger partial charge in [-0.05, 0) is 26.0 Å². The van der Waals surface area contributed by atoms with Crippen molar-refractivity contribution in [2.24, 2.45) is 0 Å². The number of nitrogens with one attached hydrogen (secondary N) is 1. The number of carbonyl (C=O) groups excluding carboxylic acids is 1. The minimum atomic E-state index is -0.340. The van der Waals surface area contributed by atoms with Crippen molar-refractivity contribution >= 4 is 27.5 Å². The van der Waals surface area contributed by atoms with Gasteiger partial charge >= 0.3 is 0 Å². The van der Waals surface area contributed by atoms with E-state index in [1.54, 1.807) is 6.07 Å². The molecule has 1 amide bonds. The fourth-order valence-electron chi connectivity index (χ4n) is 2.43. The number of carbonyl (C=O) groups is 1.